The highest BCUT2D eigenvalue weighted by atomic mass is 19.1. The van der Waals surface area contributed by atoms with Gasteiger partial charge in [-0.1, -0.05) is 0 Å². The van der Waals surface area contributed by atoms with Crippen LogP contribution < -0.4 is 10.1 Å². The summed E-state index contributed by atoms with van der Waals surface area (Å²) in [6.45, 7) is 0. The number of methoxy groups -OCH3 is 1. The van der Waals surface area contributed by atoms with Gasteiger partial charge in [0.25, 0.3) is 0 Å². The number of halogens is 1. The second kappa shape index (κ2) is 5.55. The monoisotopic (exact) mass is 247 g/mol. The first-order valence-electron chi connectivity index (χ1n) is 5.52. The Morgan fingerprint density at radius 1 is 1.28 bits per heavy atom. The Labute approximate surface area is 105 Å². The number of nitrogens with one attached hydrogen (secondary N) is 1. The zero-order chi connectivity index (χ0) is 13.0. The molecule has 0 amide bonds. The molecule has 2 rings (SSSR count). The van der Waals surface area contributed by atoms with Crippen LogP contribution in [0.25, 0.3) is 0 Å². The lowest BCUT2D eigenvalue weighted by atomic mass is 10.1. The zero-order valence-electron chi connectivity index (χ0n) is 10.2. The van der Waals surface area contributed by atoms with Crippen LogP contribution in [-0.4, -0.2) is 24.1 Å². The van der Waals surface area contributed by atoms with Crippen molar-refractivity contribution in [1.82, 2.24) is 15.3 Å². The molecule has 0 bridgehead atoms. The molecule has 94 valence electrons. The molecule has 2 aromatic rings. The van der Waals surface area contributed by atoms with Gasteiger partial charge in [0.1, 0.15) is 11.6 Å². The maximum absolute atomic E-state index is 12.9. The fourth-order valence-corrected chi connectivity index (χ4v) is 1.75. The Balaban J connectivity index is 2.35. The smallest absolute Gasteiger partial charge is 0.141 e. The quantitative estimate of drug-likeness (QED) is 0.896. The Bertz CT molecular complexity index is 516. The molecule has 0 spiro atoms. The van der Waals surface area contributed by atoms with Crippen LogP contribution in [0.2, 0.25) is 0 Å². The largest absolute Gasteiger partial charge is 0.495 e. The van der Waals surface area contributed by atoms with Crippen molar-refractivity contribution in [3.63, 3.8) is 0 Å². The third kappa shape index (κ3) is 2.62. The van der Waals surface area contributed by atoms with Crippen LogP contribution in [0.5, 0.6) is 5.75 Å². The molecule has 1 unspecified atom stereocenters. The second-order valence-corrected chi connectivity index (χ2v) is 3.78. The van der Waals surface area contributed by atoms with E-state index in [1.54, 1.807) is 25.6 Å². The van der Waals surface area contributed by atoms with Crippen molar-refractivity contribution in [1.29, 1.82) is 0 Å². The van der Waals surface area contributed by atoms with Crippen molar-refractivity contribution < 1.29 is 9.13 Å². The number of pyridine rings is 2. The van der Waals surface area contributed by atoms with Crippen LogP contribution in [0.15, 0.2) is 36.8 Å². The molecule has 0 saturated carbocycles. The average Bonchev–Trinajstić information content (AvgIpc) is 2.42. The van der Waals surface area contributed by atoms with Crippen molar-refractivity contribution >= 4 is 0 Å². The van der Waals surface area contributed by atoms with E-state index in [9.17, 15) is 4.39 Å². The predicted molar refractivity (Wildman–Crippen MR) is 65.9 cm³/mol. The zero-order valence-corrected chi connectivity index (χ0v) is 10.2. The fourth-order valence-electron chi connectivity index (χ4n) is 1.75. The molecule has 1 N–H and O–H groups in total. The molecular formula is C13H14FN3O. The molecule has 0 aliphatic carbocycles. The molecule has 1 atom stereocenters. The van der Waals surface area contributed by atoms with Gasteiger partial charge >= 0.3 is 0 Å². The van der Waals surface area contributed by atoms with E-state index in [1.807, 2.05) is 13.1 Å². The van der Waals surface area contributed by atoms with Crippen molar-refractivity contribution in [2.45, 2.75) is 6.04 Å². The minimum Gasteiger partial charge on any atom is -0.495 e. The summed E-state index contributed by atoms with van der Waals surface area (Å²) in [6, 6.07) is 4.77. The van der Waals surface area contributed by atoms with Gasteiger partial charge in [0.05, 0.1) is 31.2 Å². The molecule has 0 saturated heterocycles. The number of rotatable bonds is 4. The molecule has 0 radical (unpaired) electrons. The van der Waals surface area contributed by atoms with Gasteiger partial charge in [-0.05, 0) is 30.8 Å². The minimum atomic E-state index is -0.350. The number of hydrogen-bond acceptors (Lipinski definition) is 4. The van der Waals surface area contributed by atoms with Crippen molar-refractivity contribution in [3.05, 3.63) is 53.9 Å². The van der Waals surface area contributed by atoms with Gasteiger partial charge in [0.2, 0.25) is 0 Å². The van der Waals surface area contributed by atoms with Gasteiger partial charge in [-0.15, -0.1) is 0 Å². The van der Waals surface area contributed by atoms with Crippen LogP contribution in [0.4, 0.5) is 4.39 Å². The average molecular weight is 247 g/mol. The fraction of sp³-hybridized carbons (Fsp3) is 0.231. The first-order chi connectivity index (χ1) is 8.74. The molecule has 2 aromatic heterocycles. The summed E-state index contributed by atoms with van der Waals surface area (Å²) in [4.78, 5) is 8.18. The predicted octanol–water partition coefficient (Wildman–Crippen LogP) is 1.93. The van der Waals surface area contributed by atoms with Gasteiger partial charge in [0, 0.05) is 6.20 Å². The molecule has 18 heavy (non-hydrogen) atoms. The topological polar surface area (TPSA) is 47.0 Å². The molecular weight excluding hydrogens is 233 g/mol. The molecule has 0 fully saturated rings. The Kier molecular flexibility index (Phi) is 3.84. The van der Waals surface area contributed by atoms with E-state index in [0.29, 0.717) is 5.75 Å². The highest BCUT2D eigenvalue weighted by Gasteiger charge is 2.14. The normalized spacial score (nSPS) is 12.2. The number of aromatic nitrogens is 2. The maximum atomic E-state index is 12.9. The SMILES string of the molecule is CNC(c1cncc(OC)c1)c1ccc(F)cn1. The van der Waals surface area contributed by atoms with Crippen LogP contribution >= 0.6 is 0 Å². The summed E-state index contributed by atoms with van der Waals surface area (Å²) in [6.07, 6.45) is 4.57. The lowest BCUT2D eigenvalue weighted by molar-refractivity contribution is 0.411. The molecule has 0 aliphatic rings. The van der Waals surface area contributed by atoms with E-state index in [2.05, 4.69) is 15.3 Å². The third-order valence-corrected chi connectivity index (χ3v) is 2.64. The van der Waals surface area contributed by atoms with Gasteiger partial charge in [-0.25, -0.2) is 4.39 Å². The van der Waals surface area contributed by atoms with Gasteiger partial charge in [0.15, 0.2) is 0 Å². The Morgan fingerprint density at radius 3 is 2.72 bits per heavy atom. The summed E-state index contributed by atoms with van der Waals surface area (Å²) in [5, 5.41) is 3.12. The molecule has 2 heterocycles. The van der Waals surface area contributed by atoms with Crippen molar-refractivity contribution in [2.75, 3.05) is 14.2 Å². The number of nitrogens with zero attached hydrogens (tertiary/aromatic N) is 2. The van der Waals surface area contributed by atoms with Crippen LogP contribution in [0.3, 0.4) is 0 Å². The van der Waals surface area contributed by atoms with Crippen molar-refractivity contribution in [3.8, 4) is 5.75 Å². The Morgan fingerprint density at radius 2 is 2.11 bits per heavy atom. The van der Waals surface area contributed by atoms with Crippen LogP contribution in [0.1, 0.15) is 17.3 Å². The van der Waals surface area contributed by atoms with E-state index in [1.165, 1.54) is 12.3 Å². The lowest BCUT2D eigenvalue weighted by Crippen LogP contribution is -2.19. The van der Waals surface area contributed by atoms with E-state index in [0.717, 1.165) is 11.3 Å². The summed E-state index contributed by atoms with van der Waals surface area (Å²) in [5.41, 5.74) is 1.64. The second-order valence-electron chi connectivity index (χ2n) is 3.78. The summed E-state index contributed by atoms with van der Waals surface area (Å²) < 4.78 is 18.0. The third-order valence-electron chi connectivity index (χ3n) is 2.64. The van der Waals surface area contributed by atoms with E-state index in [4.69, 9.17) is 4.74 Å². The summed E-state index contributed by atoms with van der Waals surface area (Å²) in [7, 11) is 3.40. The van der Waals surface area contributed by atoms with E-state index < -0.39 is 0 Å². The first kappa shape index (κ1) is 12.4. The summed E-state index contributed by atoms with van der Waals surface area (Å²) >= 11 is 0. The van der Waals surface area contributed by atoms with Crippen LogP contribution in [0, 0.1) is 5.82 Å². The maximum Gasteiger partial charge on any atom is 0.141 e. The van der Waals surface area contributed by atoms with Gasteiger partial charge in [-0.2, -0.15) is 0 Å². The number of hydrogen-bond donors (Lipinski definition) is 1. The van der Waals surface area contributed by atoms with Gasteiger partial charge < -0.3 is 10.1 Å². The molecule has 5 heteroatoms. The minimum absolute atomic E-state index is 0.145. The van der Waals surface area contributed by atoms with Gasteiger partial charge in [-0.3, -0.25) is 9.97 Å². The molecule has 0 aromatic carbocycles. The standard InChI is InChI=1S/C13H14FN3O/c1-15-13(12-4-3-10(14)7-17-12)9-5-11(18-2)8-16-6-9/h3-8,13,15H,1-2H3. The molecule has 0 aliphatic heterocycles. The lowest BCUT2D eigenvalue weighted by Gasteiger charge is -2.16. The number of ether oxygens (including phenoxy) is 1. The summed E-state index contributed by atoms with van der Waals surface area (Å²) in [5.74, 6) is 0.326. The van der Waals surface area contributed by atoms with E-state index in [-0.39, 0.29) is 11.9 Å². The van der Waals surface area contributed by atoms with E-state index >= 15 is 0 Å². The highest BCUT2D eigenvalue weighted by Crippen LogP contribution is 2.22. The van der Waals surface area contributed by atoms with Crippen LogP contribution in [-0.2, 0) is 0 Å². The Hall–Kier alpha value is -2.01. The first-order valence-corrected chi connectivity index (χ1v) is 5.52. The van der Waals surface area contributed by atoms with Crippen molar-refractivity contribution in [2.24, 2.45) is 0 Å². The highest BCUT2D eigenvalue weighted by molar-refractivity contribution is 5.31. The molecule has 4 nitrogen and oxygen atoms in total.